The van der Waals surface area contributed by atoms with Crippen LogP contribution in [0.25, 0.3) is 0 Å². The molecule has 0 unspecified atom stereocenters. The maximum atomic E-state index is 11.8. The lowest BCUT2D eigenvalue weighted by Crippen LogP contribution is -2.05. The minimum Gasteiger partial charge on any atom is -0.462 e. The van der Waals surface area contributed by atoms with Gasteiger partial charge in [0.25, 0.3) is 0 Å². The van der Waals surface area contributed by atoms with Gasteiger partial charge in [0.15, 0.2) is 0 Å². The van der Waals surface area contributed by atoms with Crippen LogP contribution in [0.15, 0.2) is 48.5 Å². The number of rotatable bonds is 6. The Morgan fingerprint density at radius 2 is 1.39 bits per heavy atom. The van der Waals surface area contributed by atoms with Crippen LogP contribution < -0.4 is 0 Å². The predicted molar refractivity (Wildman–Crippen MR) is 87.6 cm³/mol. The summed E-state index contributed by atoms with van der Waals surface area (Å²) in [5, 5.41) is 0. The van der Waals surface area contributed by atoms with E-state index < -0.39 is 0 Å². The SMILES string of the molecule is CCOC(=O)c1ccc(Cc2cccc(C(=O)OCC)c2)cc1. The van der Waals surface area contributed by atoms with Crippen molar-refractivity contribution in [2.24, 2.45) is 0 Å². The van der Waals surface area contributed by atoms with Crippen LogP contribution in [0.3, 0.4) is 0 Å². The first-order valence-corrected chi connectivity index (χ1v) is 7.66. The largest absolute Gasteiger partial charge is 0.462 e. The van der Waals surface area contributed by atoms with Gasteiger partial charge in [-0.1, -0.05) is 24.3 Å². The third-order valence-corrected chi connectivity index (χ3v) is 3.31. The number of hydrogen-bond donors (Lipinski definition) is 0. The fourth-order valence-corrected chi connectivity index (χ4v) is 2.23. The third kappa shape index (κ3) is 4.68. The smallest absolute Gasteiger partial charge is 0.338 e. The monoisotopic (exact) mass is 312 g/mol. The number of esters is 2. The van der Waals surface area contributed by atoms with Crippen LogP contribution in [-0.4, -0.2) is 25.2 Å². The van der Waals surface area contributed by atoms with Gasteiger partial charge in [-0.3, -0.25) is 0 Å². The van der Waals surface area contributed by atoms with Crippen LogP contribution >= 0.6 is 0 Å². The Hall–Kier alpha value is -2.62. The average molecular weight is 312 g/mol. The summed E-state index contributed by atoms with van der Waals surface area (Å²) in [5.74, 6) is -0.629. The van der Waals surface area contributed by atoms with Gasteiger partial charge in [-0.15, -0.1) is 0 Å². The van der Waals surface area contributed by atoms with E-state index in [1.54, 1.807) is 32.0 Å². The minimum atomic E-state index is -0.316. The van der Waals surface area contributed by atoms with Gasteiger partial charge in [0.05, 0.1) is 24.3 Å². The average Bonchev–Trinajstić information content (AvgIpc) is 2.56. The summed E-state index contributed by atoms with van der Waals surface area (Å²) >= 11 is 0. The summed E-state index contributed by atoms with van der Waals surface area (Å²) in [5.41, 5.74) is 3.15. The van der Waals surface area contributed by atoms with Crippen molar-refractivity contribution in [3.05, 3.63) is 70.8 Å². The number of hydrogen-bond acceptors (Lipinski definition) is 4. The minimum absolute atomic E-state index is 0.313. The summed E-state index contributed by atoms with van der Waals surface area (Å²) in [6.45, 7) is 4.29. The lowest BCUT2D eigenvalue weighted by molar-refractivity contribution is 0.0516. The molecule has 2 aromatic carbocycles. The zero-order valence-electron chi connectivity index (χ0n) is 13.4. The van der Waals surface area contributed by atoms with Crippen LogP contribution in [0, 0.1) is 0 Å². The first kappa shape index (κ1) is 16.7. The lowest BCUT2D eigenvalue weighted by atomic mass is 10.0. The van der Waals surface area contributed by atoms with E-state index >= 15 is 0 Å². The molecular weight excluding hydrogens is 292 g/mol. The molecular formula is C19H20O4. The van der Waals surface area contributed by atoms with Gasteiger partial charge < -0.3 is 9.47 Å². The molecule has 0 heterocycles. The van der Waals surface area contributed by atoms with Crippen LogP contribution in [0.4, 0.5) is 0 Å². The number of ether oxygens (including phenoxy) is 2. The molecule has 0 spiro atoms. The van der Waals surface area contributed by atoms with E-state index in [2.05, 4.69) is 0 Å². The summed E-state index contributed by atoms with van der Waals surface area (Å²) in [6, 6.07) is 14.7. The van der Waals surface area contributed by atoms with Crippen LogP contribution in [0.1, 0.15) is 45.7 Å². The van der Waals surface area contributed by atoms with Gasteiger partial charge in [-0.25, -0.2) is 9.59 Å². The maximum Gasteiger partial charge on any atom is 0.338 e. The first-order valence-electron chi connectivity index (χ1n) is 7.66. The molecule has 23 heavy (non-hydrogen) atoms. The molecule has 0 aromatic heterocycles. The molecule has 0 aliphatic heterocycles. The Bertz CT molecular complexity index is 674. The van der Waals surface area contributed by atoms with E-state index in [0.29, 0.717) is 30.8 Å². The molecule has 4 nitrogen and oxygen atoms in total. The number of carbonyl (C=O) groups excluding carboxylic acids is 2. The second-order valence-corrected chi connectivity index (χ2v) is 5.02. The van der Waals surface area contributed by atoms with Gasteiger partial charge in [-0.2, -0.15) is 0 Å². The van der Waals surface area contributed by atoms with Crippen molar-refractivity contribution >= 4 is 11.9 Å². The molecule has 0 saturated heterocycles. The predicted octanol–water partition coefficient (Wildman–Crippen LogP) is 3.63. The fraction of sp³-hybridized carbons (Fsp3) is 0.263. The van der Waals surface area contributed by atoms with Crippen LogP contribution in [0.2, 0.25) is 0 Å². The van der Waals surface area contributed by atoms with E-state index in [4.69, 9.17) is 9.47 Å². The van der Waals surface area contributed by atoms with Crippen molar-refractivity contribution in [1.82, 2.24) is 0 Å². The van der Waals surface area contributed by atoms with Gasteiger partial charge in [0.1, 0.15) is 0 Å². The standard InChI is InChI=1S/C19H20O4/c1-3-22-18(20)16-10-8-14(9-11-16)12-15-6-5-7-17(13-15)19(21)23-4-2/h5-11,13H,3-4,12H2,1-2H3. The Kier molecular flexibility index (Phi) is 5.92. The molecule has 0 N–H and O–H groups in total. The van der Waals surface area contributed by atoms with E-state index in [9.17, 15) is 9.59 Å². The number of carbonyl (C=O) groups is 2. The molecule has 2 aromatic rings. The third-order valence-electron chi connectivity index (χ3n) is 3.31. The van der Waals surface area contributed by atoms with Crippen molar-refractivity contribution < 1.29 is 19.1 Å². The highest BCUT2D eigenvalue weighted by atomic mass is 16.5. The van der Waals surface area contributed by atoms with E-state index in [0.717, 1.165) is 11.1 Å². The van der Waals surface area contributed by atoms with E-state index in [1.165, 1.54) is 0 Å². The summed E-state index contributed by atoms with van der Waals surface area (Å²) in [6.07, 6.45) is 0.677. The Balaban J connectivity index is 2.09. The molecule has 0 amide bonds. The summed E-state index contributed by atoms with van der Waals surface area (Å²) in [4.78, 5) is 23.4. The second-order valence-electron chi connectivity index (χ2n) is 5.02. The van der Waals surface area contributed by atoms with Gasteiger partial charge in [0.2, 0.25) is 0 Å². The zero-order valence-corrected chi connectivity index (χ0v) is 13.4. The zero-order chi connectivity index (χ0) is 16.7. The summed E-state index contributed by atoms with van der Waals surface area (Å²) in [7, 11) is 0. The molecule has 0 atom stereocenters. The van der Waals surface area contributed by atoms with Gasteiger partial charge in [-0.05, 0) is 55.7 Å². The normalized spacial score (nSPS) is 10.2. The molecule has 0 radical (unpaired) electrons. The van der Waals surface area contributed by atoms with Crippen molar-refractivity contribution in [3.8, 4) is 0 Å². The summed E-state index contributed by atoms with van der Waals surface area (Å²) < 4.78 is 9.97. The highest BCUT2D eigenvalue weighted by Gasteiger charge is 2.08. The van der Waals surface area contributed by atoms with Crippen molar-refractivity contribution in [2.75, 3.05) is 13.2 Å². The van der Waals surface area contributed by atoms with Crippen molar-refractivity contribution in [1.29, 1.82) is 0 Å². The van der Waals surface area contributed by atoms with Crippen LogP contribution in [-0.2, 0) is 15.9 Å². The van der Waals surface area contributed by atoms with E-state index in [1.807, 2.05) is 30.3 Å². The second kappa shape index (κ2) is 8.13. The molecule has 0 saturated carbocycles. The Labute approximate surface area is 136 Å². The van der Waals surface area contributed by atoms with Gasteiger partial charge >= 0.3 is 11.9 Å². The lowest BCUT2D eigenvalue weighted by Gasteiger charge is -2.06. The van der Waals surface area contributed by atoms with Crippen molar-refractivity contribution in [2.45, 2.75) is 20.3 Å². The van der Waals surface area contributed by atoms with E-state index in [-0.39, 0.29) is 11.9 Å². The van der Waals surface area contributed by atoms with Crippen molar-refractivity contribution in [3.63, 3.8) is 0 Å². The highest BCUT2D eigenvalue weighted by Crippen LogP contribution is 2.14. The quantitative estimate of drug-likeness (QED) is 0.764. The molecule has 0 aliphatic rings. The molecule has 2 rings (SSSR count). The molecule has 0 fully saturated rings. The maximum absolute atomic E-state index is 11.8. The molecule has 120 valence electrons. The molecule has 4 heteroatoms. The Morgan fingerprint density at radius 3 is 2.00 bits per heavy atom. The van der Waals surface area contributed by atoms with Gasteiger partial charge in [0, 0.05) is 0 Å². The number of benzene rings is 2. The fourth-order valence-electron chi connectivity index (χ4n) is 2.23. The molecule has 0 bridgehead atoms. The Morgan fingerprint density at radius 1 is 0.783 bits per heavy atom. The molecule has 0 aliphatic carbocycles. The first-order chi connectivity index (χ1) is 11.1. The highest BCUT2D eigenvalue weighted by molar-refractivity contribution is 5.90. The topological polar surface area (TPSA) is 52.6 Å². The van der Waals surface area contributed by atoms with Crippen LogP contribution in [0.5, 0.6) is 0 Å².